The Labute approximate surface area is 162 Å². The third-order valence-corrected chi connectivity index (χ3v) is 3.87. The highest BCUT2D eigenvalue weighted by Gasteiger charge is 2.06. The smallest absolute Gasteiger partial charge is 0.338 e. The van der Waals surface area contributed by atoms with Gasteiger partial charge in [-0.1, -0.05) is 0 Å². The van der Waals surface area contributed by atoms with Crippen LogP contribution in [0, 0.1) is 0 Å². The first-order chi connectivity index (χ1) is 13.5. The number of anilines is 4. The number of ether oxygens (including phenoxy) is 1. The van der Waals surface area contributed by atoms with Crippen molar-refractivity contribution in [1.29, 1.82) is 0 Å². The van der Waals surface area contributed by atoms with E-state index in [0.29, 0.717) is 29.5 Å². The molecule has 0 aliphatic rings. The second kappa shape index (κ2) is 8.77. The number of carbonyl (C=O) groups excluding carboxylic acids is 2. The fraction of sp³-hybridized carbons (Fsp3) is 0.143. The molecule has 7 heteroatoms. The van der Waals surface area contributed by atoms with Gasteiger partial charge in [-0.3, -0.25) is 4.79 Å². The van der Waals surface area contributed by atoms with Gasteiger partial charge in [-0.2, -0.15) is 4.98 Å². The molecule has 0 spiro atoms. The van der Waals surface area contributed by atoms with Crippen LogP contribution in [0.1, 0.15) is 34.6 Å². The predicted molar refractivity (Wildman–Crippen MR) is 107 cm³/mol. The molecule has 1 heterocycles. The number of hydrogen-bond donors (Lipinski definition) is 2. The van der Waals surface area contributed by atoms with Crippen molar-refractivity contribution in [2.24, 2.45) is 0 Å². The third-order valence-electron chi connectivity index (χ3n) is 3.87. The van der Waals surface area contributed by atoms with Crippen LogP contribution in [-0.2, 0) is 4.74 Å². The van der Waals surface area contributed by atoms with E-state index in [1.165, 1.54) is 6.92 Å². The molecular formula is C21H20N4O3. The highest BCUT2D eigenvalue weighted by atomic mass is 16.5. The van der Waals surface area contributed by atoms with Crippen molar-refractivity contribution in [3.8, 4) is 0 Å². The molecule has 1 aromatic heterocycles. The summed E-state index contributed by atoms with van der Waals surface area (Å²) in [5.41, 5.74) is 2.70. The number of esters is 1. The molecule has 0 saturated carbocycles. The van der Waals surface area contributed by atoms with Crippen molar-refractivity contribution in [3.63, 3.8) is 0 Å². The monoisotopic (exact) mass is 376 g/mol. The zero-order valence-corrected chi connectivity index (χ0v) is 15.6. The number of rotatable bonds is 7. The zero-order valence-electron chi connectivity index (χ0n) is 15.6. The van der Waals surface area contributed by atoms with Gasteiger partial charge in [-0.25, -0.2) is 9.78 Å². The van der Waals surface area contributed by atoms with Crippen LogP contribution in [0.2, 0.25) is 0 Å². The number of Topliss-reactive ketones (excluding diaryl/α,β-unsaturated/α-hetero) is 1. The molecule has 0 radical (unpaired) electrons. The average molecular weight is 376 g/mol. The van der Waals surface area contributed by atoms with Crippen molar-refractivity contribution in [2.45, 2.75) is 13.8 Å². The van der Waals surface area contributed by atoms with Crippen molar-refractivity contribution >= 4 is 34.9 Å². The number of nitrogens with one attached hydrogen (secondary N) is 2. The summed E-state index contributed by atoms with van der Waals surface area (Å²) in [6.45, 7) is 3.64. The van der Waals surface area contributed by atoms with Crippen LogP contribution in [0.3, 0.4) is 0 Å². The van der Waals surface area contributed by atoms with Gasteiger partial charge in [0.15, 0.2) is 5.78 Å². The molecular weight excluding hydrogens is 356 g/mol. The summed E-state index contributed by atoms with van der Waals surface area (Å²) in [5, 5.41) is 6.26. The Hall–Kier alpha value is -3.74. The van der Waals surface area contributed by atoms with Crippen LogP contribution < -0.4 is 10.6 Å². The number of aromatic nitrogens is 2. The van der Waals surface area contributed by atoms with Crippen LogP contribution in [-0.4, -0.2) is 28.3 Å². The topological polar surface area (TPSA) is 93.2 Å². The van der Waals surface area contributed by atoms with Crippen molar-refractivity contribution < 1.29 is 14.3 Å². The molecule has 3 rings (SSSR count). The second-order valence-electron chi connectivity index (χ2n) is 5.95. The minimum Gasteiger partial charge on any atom is -0.462 e. The van der Waals surface area contributed by atoms with Crippen LogP contribution in [0.15, 0.2) is 60.8 Å². The number of hydrogen-bond acceptors (Lipinski definition) is 7. The van der Waals surface area contributed by atoms with Crippen LogP contribution >= 0.6 is 0 Å². The minimum atomic E-state index is -0.349. The van der Waals surface area contributed by atoms with Crippen LogP contribution in [0.4, 0.5) is 23.1 Å². The van der Waals surface area contributed by atoms with E-state index in [0.717, 1.165) is 11.4 Å². The molecule has 0 fully saturated rings. The van der Waals surface area contributed by atoms with Crippen molar-refractivity contribution in [1.82, 2.24) is 9.97 Å². The molecule has 0 aliphatic carbocycles. The van der Waals surface area contributed by atoms with Gasteiger partial charge in [0.05, 0.1) is 12.2 Å². The molecule has 7 nitrogen and oxygen atoms in total. The van der Waals surface area contributed by atoms with E-state index in [-0.39, 0.29) is 11.8 Å². The van der Waals surface area contributed by atoms with Gasteiger partial charge in [0.2, 0.25) is 5.95 Å². The van der Waals surface area contributed by atoms with Gasteiger partial charge in [0.25, 0.3) is 0 Å². The summed E-state index contributed by atoms with van der Waals surface area (Å²) >= 11 is 0. The third kappa shape index (κ3) is 4.91. The predicted octanol–water partition coefficient (Wildman–Crippen LogP) is 4.34. The first-order valence-corrected chi connectivity index (χ1v) is 8.80. The van der Waals surface area contributed by atoms with Crippen LogP contribution in [0.25, 0.3) is 0 Å². The normalized spacial score (nSPS) is 10.2. The molecule has 0 bridgehead atoms. The molecule has 2 N–H and O–H groups in total. The lowest BCUT2D eigenvalue weighted by Crippen LogP contribution is -2.04. The van der Waals surface area contributed by atoms with Gasteiger partial charge >= 0.3 is 5.97 Å². The fourth-order valence-electron chi connectivity index (χ4n) is 2.46. The Balaban J connectivity index is 1.67. The lowest BCUT2D eigenvalue weighted by atomic mass is 10.1. The number of ketones is 1. The molecule has 28 heavy (non-hydrogen) atoms. The molecule has 0 aliphatic heterocycles. The lowest BCUT2D eigenvalue weighted by Gasteiger charge is -2.09. The van der Waals surface area contributed by atoms with E-state index in [1.807, 2.05) is 0 Å². The quantitative estimate of drug-likeness (QED) is 0.468. The van der Waals surface area contributed by atoms with Gasteiger partial charge in [0, 0.05) is 23.1 Å². The summed E-state index contributed by atoms with van der Waals surface area (Å²) in [6, 6.07) is 15.8. The Morgan fingerprint density at radius 2 is 1.50 bits per heavy atom. The highest BCUT2D eigenvalue weighted by molar-refractivity contribution is 5.94. The Morgan fingerprint density at radius 3 is 2.11 bits per heavy atom. The maximum atomic E-state index is 11.7. The molecule has 142 valence electrons. The Morgan fingerprint density at radius 1 is 0.893 bits per heavy atom. The number of benzene rings is 2. The zero-order chi connectivity index (χ0) is 19.9. The lowest BCUT2D eigenvalue weighted by molar-refractivity contribution is 0.0526. The van der Waals surface area contributed by atoms with Crippen LogP contribution in [0.5, 0.6) is 0 Å². The van der Waals surface area contributed by atoms with Crippen molar-refractivity contribution in [3.05, 3.63) is 71.9 Å². The van der Waals surface area contributed by atoms with E-state index >= 15 is 0 Å². The first kappa shape index (κ1) is 19.0. The van der Waals surface area contributed by atoms with Gasteiger partial charge in [-0.05, 0) is 68.4 Å². The van der Waals surface area contributed by atoms with E-state index in [9.17, 15) is 9.59 Å². The van der Waals surface area contributed by atoms with Gasteiger partial charge in [-0.15, -0.1) is 0 Å². The first-order valence-electron chi connectivity index (χ1n) is 8.80. The summed E-state index contributed by atoms with van der Waals surface area (Å²) in [7, 11) is 0. The number of carbonyl (C=O) groups is 2. The standard InChI is InChI=1S/C21H20N4O3/c1-3-28-20(27)16-6-10-17(11-7-16)23-19-12-13-22-21(25-19)24-18-8-4-15(5-9-18)14(2)26/h4-13H,3H2,1-2H3,(H2,22,23,24,25). The molecule has 2 aromatic carbocycles. The SMILES string of the molecule is CCOC(=O)c1ccc(Nc2ccnc(Nc3ccc(C(C)=O)cc3)n2)cc1. The van der Waals surface area contributed by atoms with Gasteiger partial charge < -0.3 is 15.4 Å². The average Bonchev–Trinajstić information content (AvgIpc) is 2.69. The fourth-order valence-corrected chi connectivity index (χ4v) is 2.46. The largest absolute Gasteiger partial charge is 0.462 e. The Bertz CT molecular complexity index is 970. The van der Waals surface area contributed by atoms with Crippen molar-refractivity contribution in [2.75, 3.05) is 17.2 Å². The van der Waals surface area contributed by atoms with E-state index in [4.69, 9.17) is 4.74 Å². The van der Waals surface area contributed by atoms with E-state index < -0.39 is 0 Å². The highest BCUT2D eigenvalue weighted by Crippen LogP contribution is 2.19. The summed E-state index contributed by atoms with van der Waals surface area (Å²) in [4.78, 5) is 31.7. The maximum Gasteiger partial charge on any atom is 0.338 e. The number of nitrogens with zero attached hydrogens (tertiary/aromatic N) is 2. The summed E-state index contributed by atoms with van der Waals surface area (Å²) in [5.74, 6) is 0.687. The van der Waals surface area contributed by atoms with E-state index in [2.05, 4.69) is 20.6 Å². The molecule has 0 unspecified atom stereocenters. The Kier molecular flexibility index (Phi) is 5.96. The molecule has 3 aromatic rings. The van der Waals surface area contributed by atoms with E-state index in [1.54, 1.807) is 67.7 Å². The maximum absolute atomic E-state index is 11.7. The molecule has 0 saturated heterocycles. The molecule has 0 atom stereocenters. The second-order valence-corrected chi connectivity index (χ2v) is 5.95. The summed E-state index contributed by atoms with van der Waals surface area (Å²) in [6.07, 6.45) is 1.63. The summed E-state index contributed by atoms with van der Waals surface area (Å²) < 4.78 is 4.97. The minimum absolute atomic E-state index is 0.0166. The van der Waals surface area contributed by atoms with Gasteiger partial charge in [0.1, 0.15) is 5.82 Å². The molecule has 0 amide bonds.